The van der Waals surface area contributed by atoms with Crippen LogP contribution < -0.4 is 4.74 Å². The molecule has 0 radical (unpaired) electrons. The lowest BCUT2D eigenvalue weighted by Crippen LogP contribution is -2.01. The second-order valence-corrected chi connectivity index (χ2v) is 3.90. The average Bonchev–Trinajstić information content (AvgIpc) is 2.78. The van der Waals surface area contributed by atoms with Gasteiger partial charge in [0.2, 0.25) is 5.88 Å². The second kappa shape index (κ2) is 4.82. The summed E-state index contributed by atoms with van der Waals surface area (Å²) in [6.07, 6.45) is 5.70. The molecule has 0 saturated heterocycles. The summed E-state index contributed by atoms with van der Waals surface area (Å²) >= 11 is 0. The van der Waals surface area contributed by atoms with Crippen molar-refractivity contribution in [3.05, 3.63) is 30.5 Å². The predicted octanol–water partition coefficient (Wildman–Crippen LogP) is 1.74. The van der Waals surface area contributed by atoms with Crippen LogP contribution in [0.2, 0.25) is 0 Å². The van der Waals surface area contributed by atoms with E-state index in [0.717, 1.165) is 6.20 Å². The Kier molecular flexibility index (Phi) is 3.22. The van der Waals surface area contributed by atoms with Gasteiger partial charge in [-0.2, -0.15) is 5.10 Å². The zero-order valence-electron chi connectivity index (χ0n) is 9.94. The minimum atomic E-state index is -1.12. The van der Waals surface area contributed by atoms with Crippen LogP contribution in [0.3, 0.4) is 0 Å². The zero-order valence-corrected chi connectivity index (χ0v) is 9.94. The topological polar surface area (TPSA) is 90.1 Å². The van der Waals surface area contributed by atoms with Crippen molar-refractivity contribution in [1.29, 1.82) is 0 Å². The van der Waals surface area contributed by atoms with E-state index in [-0.39, 0.29) is 17.6 Å². The third-order valence-electron chi connectivity index (χ3n) is 2.18. The van der Waals surface area contributed by atoms with E-state index in [4.69, 9.17) is 9.84 Å². The first kappa shape index (κ1) is 12.0. The number of aromatic nitrogens is 4. The largest absolute Gasteiger partial charge is 0.476 e. The molecule has 0 aromatic carbocycles. The van der Waals surface area contributed by atoms with Crippen LogP contribution in [0.5, 0.6) is 11.6 Å². The average molecular weight is 248 g/mol. The van der Waals surface area contributed by atoms with Crippen LogP contribution in [0.25, 0.3) is 0 Å². The Labute approximate surface area is 103 Å². The highest BCUT2D eigenvalue weighted by Crippen LogP contribution is 2.18. The van der Waals surface area contributed by atoms with Crippen LogP contribution in [0.4, 0.5) is 0 Å². The van der Waals surface area contributed by atoms with Crippen molar-refractivity contribution < 1.29 is 14.6 Å². The summed E-state index contributed by atoms with van der Waals surface area (Å²) in [5, 5.41) is 12.8. The SMILES string of the molecule is CC(C)n1cc(Oc2cnc(C(=O)O)cn2)cn1. The maximum atomic E-state index is 10.6. The quantitative estimate of drug-likeness (QED) is 0.886. The molecule has 94 valence electrons. The molecular formula is C11H12N4O3. The maximum absolute atomic E-state index is 10.6. The molecule has 2 aromatic heterocycles. The van der Waals surface area contributed by atoms with Gasteiger partial charge in [0.1, 0.15) is 0 Å². The minimum absolute atomic E-state index is 0.125. The van der Waals surface area contributed by atoms with Crippen molar-refractivity contribution in [2.45, 2.75) is 19.9 Å². The van der Waals surface area contributed by atoms with Crippen LogP contribution in [0.15, 0.2) is 24.8 Å². The molecule has 0 aliphatic carbocycles. The molecule has 2 aromatic rings. The highest BCUT2D eigenvalue weighted by Gasteiger charge is 2.07. The minimum Gasteiger partial charge on any atom is -0.476 e. The van der Waals surface area contributed by atoms with Crippen LogP contribution in [-0.4, -0.2) is 30.8 Å². The lowest BCUT2D eigenvalue weighted by molar-refractivity contribution is 0.0690. The predicted molar refractivity (Wildman–Crippen MR) is 61.7 cm³/mol. The fourth-order valence-corrected chi connectivity index (χ4v) is 1.26. The molecule has 18 heavy (non-hydrogen) atoms. The lowest BCUT2D eigenvalue weighted by atomic mass is 10.4. The molecule has 2 rings (SSSR count). The number of hydrogen-bond donors (Lipinski definition) is 1. The summed E-state index contributed by atoms with van der Waals surface area (Å²) < 4.78 is 7.14. The number of ether oxygens (including phenoxy) is 1. The number of carbonyl (C=O) groups is 1. The van der Waals surface area contributed by atoms with Crippen molar-refractivity contribution in [3.8, 4) is 11.6 Å². The van der Waals surface area contributed by atoms with E-state index in [0.29, 0.717) is 5.75 Å². The van der Waals surface area contributed by atoms with E-state index in [2.05, 4.69) is 15.1 Å². The Hall–Kier alpha value is -2.44. The standard InChI is InChI=1S/C11H12N4O3/c1-7(2)15-6-8(3-14-15)18-10-5-12-9(4-13-10)11(16)17/h3-7H,1-2H3,(H,16,17). The maximum Gasteiger partial charge on any atom is 0.356 e. The van der Waals surface area contributed by atoms with Gasteiger partial charge in [0.15, 0.2) is 11.4 Å². The highest BCUT2D eigenvalue weighted by molar-refractivity contribution is 5.84. The van der Waals surface area contributed by atoms with Gasteiger partial charge in [0.05, 0.1) is 24.8 Å². The molecule has 0 bridgehead atoms. The molecular weight excluding hydrogens is 236 g/mol. The molecule has 0 saturated carbocycles. The molecule has 0 fully saturated rings. The van der Waals surface area contributed by atoms with Crippen molar-refractivity contribution in [3.63, 3.8) is 0 Å². The fourth-order valence-electron chi connectivity index (χ4n) is 1.26. The molecule has 7 heteroatoms. The summed E-state index contributed by atoms with van der Waals surface area (Å²) in [4.78, 5) is 18.1. The lowest BCUT2D eigenvalue weighted by Gasteiger charge is -2.03. The van der Waals surface area contributed by atoms with Gasteiger partial charge in [-0.05, 0) is 13.8 Å². The molecule has 1 N–H and O–H groups in total. The van der Waals surface area contributed by atoms with Gasteiger partial charge in [-0.1, -0.05) is 0 Å². The molecule has 0 aliphatic rings. The van der Waals surface area contributed by atoms with Crippen molar-refractivity contribution in [1.82, 2.24) is 19.7 Å². The normalized spacial score (nSPS) is 10.6. The first-order valence-electron chi connectivity index (χ1n) is 5.33. The Morgan fingerprint density at radius 1 is 1.33 bits per heavy atom. The van der Waals surface area contributed by atoms with Gasteiger partial charge in [0.25, 0.3) is 0 Å². The van der Waals surface area contributed by atoms with Gasteiger partial charge in [-0.15, -0.1) is 0 Å². The summed E-state index contributed by atoms with van der Waals surface area (Å²) in [5.74, 6) is -0.369. The molecule has 0 amide bonds. The van der Waals surface area contributed by atoms with Crippen LogP contribution in [0.1, 0.15) is 30.4 Å². The van der Waals surface area contributed by atoms with Crippen LogP contribution in [0, 0.1) is 0 Å². The Balaban J connectivity index is 2.10. The third-order valence-corrected chi connectivity index (χ3v) is 2.18. The number of rotatable bonds is 4. The number of nitrogens with zero attached hydrogens (tertiary/aromatic N) is 4. The summed E-state index contributed by atoms with van der Waals surface area (Å²) in [6, 6.07) is 0.239. The Bertz CT molecular complexity index is 548. The smallest absolute Gasteiger partial charge is 0.356 e. The van der Waals surface area contributed by atoms with E-state index in [1.165, 1.54) is 6.20 Å². The van der Waals surface area contributed by atoms with Gasteiger partial charge in [-0.25, -0.2) is 14.8 Å². The zero-order chi connectivity index (χ0) is 13.1. The third kappa shape index (κ3) is 2.62. The van der Waals surface area contributed by atoms with E-state index in [1.807, 2.05) is 13.8 Å². The van der Waals surface area contributed by atoms with Crippen molar-refractivity contribution in [2.75, 3.05) is 0 Å². The molecule has 0 spiro atoms. The van der Waals surface area contributed by atoms with E-state index in [1.54, 1.807) is 17.1 Å². The van der Waals surface area contributed by atoms with E-state index in [9.17, 15) is 4.79 Å². The number of carboxylic acids is 1. The monoisotopic (exact) mass is 248 g/mol. The fraction of sp³-hybridized carbons (Fsp3) is 0.273. The van der Waals surface area contributed by atoms with Gasteiger partial charge < -0.3 is 9.84 Å². The van der Waals surface area contributed by atoms with Gasteiger partial charge in [0, 0.05) is 6.04 Å². The van der Waals surface area contributed by atoms with E-state index < -0.39 is 5.97 Å². The van der Waals surface area contributed by atoms with Crippen LogP contribution >= 0.6 is 0 Å². The molecule has 2 heterocycles. The van der Waals surface area contributed by atoms with Crippen molar-refractivity contribution >= 4 is 5.97 Å². The number of hydrogen-bond acceptors (Lipinski definition) is 5. The second-order valence-electron chi connectivity index (χ2n) is 3.90. The first-order chi connectivity index (χ1) is 8.56. The summed E-state index contributed by atoms with van der Waals surface area (Å²) in [6.45, 7) is 4.00. The first-order valence-corrected chi connectivity index (χ1v) is 5.33. The summed E-state index contributed by atoms with van der Waals surface area (Å²) in [7, 11) is 0. The Morgan fingerprint density at radius 3 is 2.61 bits per heavy atom. The summed E-state index contributed by atoms with van der Waals surface area (Å²) in [5.41, 5.74) is -0.125. The molecule has 0 unspecified atom stereocenters. The van der Waals surface area contributed by atoms with Crippen molar-refractivity contribution in [2.24, 2.45) is 0 Å². The molecule has 0 atom stereocenters. The molecule has 7 nitrogen and oxygen atoms in total. The molecule has 0 aliphatic heterocycles. The van der Waals surface area contributed by atoms with Gasteiger partial charge >= 0.3 is 5.97 Å². The van der Waals surface area contributed by atoms with Gasteiger partial charge in [-0.3, -0.25) is 4.68 Å². The highest BCUT2D eigenvalue weighted by atomic mass is 16.5. The number of carboxylic acid groups (broad SMARTS) is 1. The Morgan fingerprint density at radius 2 is 2.11 bits per heavy atom. The van der Waals surface area contributed by atoms with Crippen LogP contribution in [-0.2, 0) is 0 Å². The number of aromatic carboxylic acids is 1. The van der Waals surface area contributed by atoms with E-state index >= 15 is 0 Å².